The third-order valence-electron chi connectivity index (χ3n) is 2.22. The van der Waals surface area contributed by atoms with Crippen molar-refractivity contribution in [2.75, 3.05) is 0 Å². The molecule has 15 heavy (non-hydrogen) atoms. The molecular weight excluding hydrogens is 191 g/mol. The molecular formula is C13H13FO. The standard InChI is InChI=1S/C13H13FO/c1-3-4-5-9-12(15)11-8-6-7-10(2)13(11)14/h1,6-8H,4-5,9H2,2H3. The molecule has 0 unspecified atom stereocenters. The number of hydrogen-bond acceptors (Lipinski definition) is 1. The maximum atomic E-state index is 13.5. The molecule has 0 spiro atoms. The first-order valence-corrected chi connectivity index (χ1v) is 4.88. The summed E-state index contributed by atoms with van der Waals surface area (Å²) in [6.07, 6.45) is 6.55. The molecule has 1 nitrogen and oxygen atoms in total. The average molecular weight is 204 g/mol. The van der Waals surface area contributed by atoms with Gasteiger partial charge in [-0.25, -0.2) is 4.39 Å². The van der Waals surface area contributed by atoms with E-state index in [0.29, 0.717) is 24.8 Å². The summed E-state index contributed by atoms with van der Waals surface area (Å²) in [5.41, 5.74) is 0.671. The first-order valence-electron chi connectivity index (χ1n) is 4.88. The Hall–Kier alpha value is -1.62. The number of carbonyl (C=O) groups excluding carboxylic acids is 1. The highest BCUT2D eigenvalue weighted by Gasteiger charge is 2.12. The van der Waals surface area contributed by atoms with Crippen molar-refractivity contribution >= 4 is 5.78 Å². The fraction of sp³-hybridized carbons (Fsp3) is 0.308. The Morgan fingerprint density at radius 2 is 2.27 bits per heavy atom. The Bertz CT molecular complexity index is 401. The zero-order chi connectivity index (χ0) is 11.3. The van der Waals surface area contributed by atoms with Gasteiger partial charge < -0.3 is 0 Å². The Balaban J connectivity index is 2.75. The Kier molecular flexibility index (Phi) is 4.05. The average Bonchev–Trinajstić information content (AvgIpc) is 2.22. The predicted octanol–water partition coefficient (Wildman–Crippen LogP) is 3.12. The maximum Gasteiger partial charge on any atom is 0.165 e. The van der Waals surface area contributed by atoms with Gasteiger partial charge in [0.2, 0.25) is 0 Å². The largest absolute Gasteiger partial charge is 0.294 e. The first kappa shape index (κ1) is 11.5. The van der Waals surface area contributed by atoms with Crippen LogP contribution in [0.3, 0.4) is 0 Å². The monoisotopic (exact) mass is 204 g/mol. The molecule has 1 rings (SSSR count). The molecule has 0 bridgehead atoms. The molecule has 0 saturated heterocycles. The number of unbranched alkanes of at least 4 members (excludes halogenated alkanes) is 1. The van der Waals surface area contributed by atoms with Gasteiger partial charge in [-0.15, -0.1) is 12.3 Å². The van der Waals surface area contributed by atoms with Crippen molar-refractivity contribution in [2.24, 2.45) is 0 Å². The lowest BCUT2D eigenvalue weighted by Crippen LogP contribution is -2.03. The topological polar surface area (TPSA) is 17.1 Å². The minimum absolute atomic E-state index is 0.173. The number of ketones is 1. The predicted molar refractivity (Wildman–Crippen MR) is 58.2 cm³/mol. The van der Waals surface area contributed by atoms with E-state index >= 15 is 0 Å². The highest BCUT2D eigenvalue weighted by atomic mass is 19.1. The summed E-state index contributed by atoms with van der Waals surface area (Å²) in [4.78, 5) is 11.6. The molecule has 0 aromatic heterocycles. The van der Waals surface area contributed by atoms with E-state index in [-0.39, 0.29) is 11.3 Å². The number of benzene rings is 1. The van der Waals surface area contributed by atoms with Gasteiger partial charge in [0.1, 0.15) is 5.82 Å². The van der Waals surface area contributed by atoms with Crippen molar-refractivity contribution in [1.29, 1.82) is 0 Å². The van der Waals surface area contributed by atoms with Crippen molar-refractivity contribution in [2.45, 2.75) is 26.2 Å². The second kappa shape index (κ2) is 5.31. The Morgan fingerprint density at radius 3 is 2.93 bits per heavy atom. The Morgan fingerprint density at radius 1 is 1.53 bits per heavy atom. The fourth-order valence-electron chi connectivity index (χ4n) is 1.35. The third kappa shape index (κ3) is 2.92. The van der Waals surface area contributed by atoms with Crippen LogP contribution in [0.5, 0.6) is 0 Å². The molecule has 0 aliphatic rings. The van der Waals surface area contributed by atoms with Crippen LogP contribution in [0.2, 0.25) is 0 Å². The zero-order valence-electron chi connectivity index (χ0n) is 8.72. The molecule has 0 saturated carbocycles. The van der Waals surface area contributed by atoms with Gasteiger partial charge in [0.15, 0.2) is 5.78 Å². The number of hydrogen-bond donors (Lipinski definition) is 0. The molecule has 2 heteroatoms. The van der Waals surface area contributed by atoms with Crippen LogP contribution in [0.25, 0.3) is 0 Å². The highest BCUT2D eigenvalue weighted by molar-refractivity contribution is 5.96. The highest BCUT2D eigenvalue weighted by Crippen LogP contribution is 2.14. The summed E-state index contributed by atoms with van der Waals surface area (Å²) in [6.45, 7) is 1.65. The summed E-state index contributed by atoms with van der Waals surface area (Å²) in [6, 6.07) is 4.85. The van der Waals surface area contributed by atoms with Gasteiger partial charge in [0.05, 0.1) is 5.56 Å². The number of rotatable bonds is 4. The minimum atomic E-state index is -0.414. The SMILES string of the molecule is C#CCCCC(=O)c1cccc(C)c1F. The van der Waals surface area contributed by atoms with E-state index in [1.165, 1.54) is 6.07 Å². The molecule has 78 valence electrons. The van der Waals surface area contributed by atoms with Gasteiger partial charge in [0.25, 0.3) is 0 Å². The number of Topliss-reactive ketones (excluding diaryl/α,β-unsaturated/α-hetero) is 1. The van der Waals surface area contributed by atoms with E-state index in [9.17, 15) is 9.18 Å². The Labute approximate surface area is 89.3 Å². The summed E-state index contributed by atoms with van der Waals surface area (Å²) < 4.78 is 13.5. The van der Waals surface area contributed by atoms with Crippen LogP contribution in [0.15, 0.2) is 18.2 Å². The van der Waals surface area contributed by atoms with Crippen molar-refractivity contribution in [1.82, 2.24) is 0 Å². The molecule has 0 N–H and O–H groups in total. The molecule has 0 heterocycles. The van der Waals surface area contributed by atoms with Crippen LogP contribution >= 0.6 is 0 Å². The van der Waals surface area contributed by atoms with Crippen molar-refractivity contribution in [3.63, 3.8) is 0 Å². The van der Waals surface area contributed by atoms with E-state index in [1.54, 1.807) is 19.1 Å². The zero-order valence-corrected chi connectivity index (χ0v) is 8.72. The third-order valence-corrected chi connectivity index (χ3v) is 2.22. The number of halogens is 1. The smallest absolute Gasteiger partial charge is 0.165 e. The van der Waals surface area contributed by atoms with Gasteiger partial charge in [0, 0.05) is 12.8 Å². The molecule has 0 fully saturated rings. The number of carbonyl (C=O) groups is 1. The normalized spacial score (nSPS) is 9.67. The van der Waals surface area contributed by atoms with E-state index in [0.717, 1.165) is 0 Å². The molecule has 0 aliphatic carbocycles. The van der Waals surface area contributed by atoms with Gasteiger partial charge in [-0.1, -0.05) is 12.1 Å². The van der Waals surface area contributed by atoms with Gasteiger partial charge in [-0.05, 0) is 25.0 Å². The van der Waals surface area contributed by atoms with E-state index in [2.05, 4.69) is 5.92 Å². The molecule has 0 atom stereocenters. The minimum Gasteiger partial charge on any atom is -0.294 e. The molecule has 0 amide bonds. The lowest BCUT2D eigenvalue weighted by molar-refractivity contribution is 0.0976. The molecule has 1 aromatic carbocycles. The van der Waals surface area contributed by atoms with Crippen LogP contribution in [-0.2, 0) is 0 Å². The van der Waals surface area contributed by atoms with Crippen LogP contribution in [0, 0.1) is 25.1 Å². The van der Waals surface area contributed by atoms with E-state index < -0.39 is 5.82 Å². The molecule has 1 aromatic rings. The number of terminal acetylenes is 1. The lowest BCUT2D eigenvalue weighted by Gasteiger charge is -2.03. The van der Waals surface area contributed by atoms with Crippen LogP contribution in [0.1, 0.15) is 35.2 Å². The quantitative estimate of drug-likeness (QED) is 0.418. The van der Waals surface area contributed by atoms with E-state index in [1.807, 2.05) is 0 Å². The summed E-state index contributed by atoms with van der Waals surface area (Å²) in [7, 11) is 0. The lowest BCUT2D eigenvalue weighted by atomic mass is 10.0. The van der Waals surface area contributed by atoms with Gasteiger partial charge in [-0.3, -0.25) is 4.79 Å². The van der Waals surface area contributed by atoms with Crippen molar-refractivity contribution in [3.05, 3.63) is 35.1 Å². The molecule has 0 radical (unpaired) electrons. The van der Waals surface area contributed by atoms with Crippen molar-refractivity contribution < 1.29 is 9.18 Å². The van der Waals surface area contributed by atoms with E-state index in [4.69, 9.17) is 6.42 Å². The van der Waals surface area contributed by atoms with Gasteiger partial charge in [-0.2, -0.15) is 0 Å². The second-order valence-electron chi connectivity index (χ2n) is 3.42. The van der Waals surface area contributed by atoms with Gasteiger partial charge >= 0.3 is 0 Å². The first-order chi connectivity index (χ1) is 7.16. The van der Waals surface area contributed by atoms with Crippen LogP contribution in [-0.4, -0.2) is 5.78 Å². The summed E-state index contributed by atoms with van der Waals surface area (Å²) in [5, 5.41) is 0. The maximum absolute atomic E-state index is 13.5. The second-order valence-corrected chi connectivity index (χ2v) is 3.42. The summed E-state index contributed by atoms with van der Waals surface area (Å²) >= 11 is 0. The van der Waals surface area contributed by atoms with Crippen LogP contribution < -0.4 is 0 Å². The van der Waals surface area contributed by atoms with Crippen LogP contribution in [0.4, 0.5) is 4.39 Å². The molecule has 0 aliphatic heterocycles. The van der Waals surface area contributed by atoms with Crippen molar-refractivity contribution in [3.8, 4) is 12.3 Å². The number of aryl methyl sites for hydroxylation is 1. The summed E-state index contributed by atoms with van der Waals surface area (Å²) in [5.74, 6) is 1.87. The fourth-order valence-corrected chi connectivity index (χ4v) is 1.35.